The highest BCUT2D eigenvalue weighted by Crippen LogP contribution is 2.64. The highest BCUT2D eigenvalue weighted by atomic mass is 79.9. The lowest BCUT2D eigenvalue weighted by Crippen LogP contribution is -2.61. The number of carbonyl (C=O) groups excluding carboxylic acids is 1. The van der Waals surface area contributed by atoms with Crippen LogP contribution in [0.15, 0.2) is 17.0 Å². The van der Waals surface area contributed by atoms with Gasteiger partial charge in [0, 0.05) is 19.3 Å². The van der Waals surface area contributed by atoms with Gasteiger partial charge in [0.05, 0.1) is 21.1 Å². The van der Waals surface area contributed by atoms with Crippen molar-refractivity contribution in [2.75, 3.05) is 6.54 Å². The first-order valence-corrected chi connectivity index (χ1v) is 11.6. The Balaban J connectivity index is 1.25. The second kappa shape index (κ2) is 7.08. The van der Waals surface area contributed by atoms with E-state index in [2.05, 4.69) is 36.4 Å². The molecule has 0 saturated heterocycles. The third-order valence-corrected chi connectivity index (χ3v) is 8.15. The number of nitrogens with zero attached hydrogens (tertiary/aromatic N) is 5. The van der Waals surface area contributed by atoms with Gasteiger partial charge in [-0.3, -0.25) is 9.48 Å². The third-order valence-electron chi connectivity index (χ3n) is 7.20. The fourth-order valence-corrected chi connectivity index (χ4v) is 6.90. The molecule has 2 unspecified atom stereocenters. The normalized spacial score (nSPS) is 32.7. The van der Waals surface area contributed by atoms with Crippen LogP contribution >= 0.6 is 27.5 Å². The largest absolute Gasteiger partial charge is 0.356 e. The summed E-state index contributed by atoms with van der Waals surface area (Å²) in [5.41, 5.74) is 0.620. The van der Waals surface area contributed by atoms with E-state index in [-0.39, 0.29) is 16.9 Å². The van der Waals surface area contributed by atoms with E-state index >= 15 is 0 Å². The summed E-state index contributed by atoms with van der Waals surface area (Å²) < 4.78 is 4.92. The average Bonchev–Trinajstić information content (AvgIpc) is 3.23. The summed E-state index contributed by atoms with van der Waals surface area (Å²) in [5, 5.41) is 12.4. The fraction of sp³-hybridized carbons (Fsp3) is 0.700. The van der Waals surface area contributed by atoms with Crippen LogP contribution < -0.4 is 5.32 Å². The number of aromatic nitrogens is 5. The minimum Gasteiger partial charge on any atom is -0.356 e. The molecule has 7 nitrogen and oxygen atoms in total. The molecule has 2 atom stereocenters. The zero-order chi connectivity index (χ0) is 20.2. The van der Waals surface area contributed by atoms with Crippen molar-refractivity contribution < 1.29 is 4.79 Å². The van der Waals surface area contributed by atoms with Crippen molar-refractivity contribution in [2.24, 2.45) is 17.3 Å². The molecule has 9 heteroatoms. The molecule has 2 aromatic rings. The molecule has 4 aliphatic rings. The maximum Gasteiger partial charge on any atom is 0.242 e. The Morgan fingerprint density at radius 3 is 2.69 bits per heavy atom. The highest BCUT2D eigenvalue weighted by Gasteiger charge is 2.61. The molecule has 1 N–H and O–H groups in total. The average molecular weight is 482 g/mol. The molecule has 29 heavy (non-hydrogen) atoms. The van der Waals surface area contributed by atoms with E-state index in [0.29, 0.717) is 23.7 Å². The molecule has 0 radical (unpaired) electrons. The number of aryl methyl sites for hydroxylation is 2. The monoisotopic (exact) mass is 480 g/mol. The van der Waals surface area contributed by atoms with E-state index in [9.17, 15) is 4.79 Å². The Morgan fingerprint density at radius 1 is 1.31 bits per heavy atom. The van der Waals surface area contributed by atoms with Gasteiger partial charge in [-0.15, -0.1) is 5.10 Å². The maximum atomic E-state index is 13.3. The van der Waals surface area contributed by atoms with Crippen LogP contribution in [-0.2, 0) is 16.9 Å². The molecule has 2 heterocycles. The standard InChI is InChI=1S/C20H26BrClN6O/c1-13-16(21)10-27(25-13)4-2-3-23-17(29)19-6-14-5-15(7-19)9-20(8-14,11-19)28-12-24-18(22)26-28/h10,12,14-15H,2-9,11H2,1H3,(H,23,29). The quantitative estimate of drug-likeness (QED) is 0.638. The highest BCUT2D eigenvalue weighted by molar-refractivity contribution is 9.10. The Kier molecular flexibility index (Phi) is 4.77. The number of hydrogen-bond donors (Lipinski definition) is 1. The Bertz CT molecular complexity index is 906. The van der Waals surface area contributed by atoms with E-state index in [1.807, 2.05) is 22.5 Å². The van der Waals surface area contributed by atoms with E-state index in [0.717, 1.165) is 55.2 Å². The Hall–Kier alpha value is -1.41. The lowest BCUT2D eigenvalue weighted by atomic mass is 9.46. The summed E-state index contributed by atoms with van der Waals surface area (Å²) in [5.74, 6) is 1.41. The van der Waals surface area contributed by atoms with E-state index in [1.54, 1.807) is 6.33 Å². The molecule has 156 valence electrons. The zero-order valence-electron chi connectivity index (χ0n) is 16.6. The maximum absolute atomic E-state index is 13.3. The van der Waals surface area contributed by atoms with Crippen molar-refractivity contribution in [2.45, 2.75) is 64.0 Å². The van der Waals surface area contributed by atoms with Crippen LogP contribution in [0.2, 0.25) is 5.28 Å². The molecule has 2 aromatic heterocycles. The van der Waals surface area contributed by atoms with Crippen molar-refractivity contribution in [3.05, 3.63) is 28.0 Å². The third kappa shape index (κ3) is 3.42. The van der Waals surface area contributed by atoms with Crippen LogP contribution in [0.5, 0.6) is 0 Å². The molecular weight excluding hydrogens is 456 g/mol. The number of carbonyl (C=O) groups is 1. The molecule has 6 rings (SSSR count). The van der Waals surface area contributed by atoms with Crippen molar-refractivity contribution >= 4 is 33.4 Å². The fourth-order valence-electron chi connectivity index (χ4n) is 6.46. The van der Waals surface area contributed by atoms with Gasteiger partial charge in [0.15, 0.2) is 0 Å². The van der Waals surface area contributed by atoms with Crippen LogP contribution in [0.25, 0.3) is 0 Å². The minimum atomic E-state index is -0.270. The minimum absolute atomic E-state index is 0.0968. The van der Waals surface area contributed by atoms with Gasteiger partial charge in [0.2, 0.25) is 11.2 Å². The molecule has 4 aliphatic carbocycles. The number of rotatable bonds is 6. The molecule has 4 bridgehead atoms. The van der Waals surface area contributed by atoms with Crippen LogP contribution in [0.3, 0.4) is 0 Å². The summed E-state index contributed by atoms with van der Waals surface area (Å²) >= 11 is 9.50. The van der Waals surface area contributed by atoms with Gasteiger partial charge in [-0.1, -0.05) is 0 Å². The molecule has 4 fully saturated rings. The van der Waals surface area contributed by atoms with Gasteiger partial charge < -0.3 is 5.32 Å². The lowest BCUT2D eigenvalue weighted by Gasteiger charge is -2.60. The zero-order valence-corrected chi connectivity index (χ0v) is 18.9. The summed E-state index contributed by atoms with van der Waals surface area (Å²) in [6, 6.07) is 0. The van der Waals surface area contributed by atoms with Crippen molar-refractivity contribution in [3.8, 4) is 0 Å². The predicted octanol–water partition coefficient (Wildman–Crippen LogP) is 3.70. The molecular formula is C20H26BrClN6O. The van der Waals surface area contributed by atoms with Gasteiger partial charge in [-0.25, -0.2) is 9.67 Å². The predicted molar refractivity (Wildman–Crippen MR) is 112 cm³/mol. The first-order valence-electron chi connectivity index (χ1n) is 10.4. The molecule has 0 aliphatic heterocycles. The van der Waals surface area contributed by atoms with Gasteiger partial charge >= 0.3 is 0 Å². The first kappa shape index (κ1) is 19.5. The second-order valence-electron chi connectivity index (χ2n) is 9.36. The van der Waals surface area contributed by atoms with Crippen LogP contribution in [-0.4, -0.2) is 37.0 Å². The van der Waals surface area contributed by atoms with Crippen molar-refractivity contribution in [1.29, 1.82) is 0 Å². The number of amides is 1. The molecule has 0 aromatic carbocycles. The number of nitrogens with one attached hydrogen (secondary N) is 1. The van der Waals surface area contributed by atoms with Crippen molar-refractivity contribution in [1.82, 2.24) is 29.9 Å². The van der Waals surface area contributed by atoms with E-state index < -0.39 is 0 Å². The van der Waals surface area contributed by atoms with E-state index in [1.165, 1.54) is 6.42 Å². The topological polar surface area (TPSA) is 77.6 Å². The van der Waals surface area contributed by atoms with Crippen LogP contribution in [0.1, 0.15) is 50.6 Å². The molecule has 1 amide bonds. The molecule has 4 saturated carbocycles. The summed E-state index contributed by atoms with van der Waals surface area (Å²) in [7, 11) is 0. The SMILES string of the molecule is Cc1nn(CCCNC(=O)C23CC4CC(C2)CC(n2cnc(Cl)n2)(C4)C3)cc1Br. The van der Waals surface area contributed by atoms with Crippen LogP contribution in [0.4, 0.5) is 0 Å². The first-order chi connectivity index (χ1) is 13.9. The smallest absolute Gasteiger partial charge is 0.242 e. The van der Waals surface area contributed by atoms with Gasteiger partial charge in [-0.2, -0.15) is 5.10 Å². The summed E-state index contributed by atoms with van der Waals surface area (Å²) in [6.07, 6.45) is 10.9. The number of hydrogen-bond acceptors (Lipinski definition) is 4. The van der Waals surface area contributed by atoms with Gasteiger partial charge in [0.25, 0.3) is 0 Å². The van der Waals surface area contributed by atoms with E-state index in [4.69, 9.17) is 11.6 Å². The second-order valence-corrected chi connectivity index (χ2v) is 10.6. The Morgan fingerprint density at radius 2 is 2.07 bits per heavy atom. The van der Waals surface area contributed by atoms with Crippen LogP contribution in [0, 0.1) is 24.2 Å². The molecule has 0 spiro atoms. The Labute approximate surface area is 183 Å². The van der Waals surface area contributed by atoms with Crippen molar-refractivity contribution in [3.63, 3.8) is 0 Å². The lowest BCUT2D eigenvalue weighted by molar-refractivity contribution is -0.156. The summed E-state index contributed by atoms with van der Waals surface area (Å²) in [6.45, 7) is 3.45. The summed E-state index contributed by atoms with van der Waals surface area (Å²) in [4.78, 5) is 17.5. The number of halogens is 2. The van der Waals surface area contributed by atoms with Gasteiger partial charge in [0.1, 0.15) is 6.33 Å². The van der Waals surface area contributed by atoms with Gasteiger partial charge in [-0.05, 0) is 91.2 Å².